The maximum Gasteiger partial charge on any atom is 0.326 e. The van der Waals surface area contributed by atoms with Gasteiger partial charge in [-0.05, 0) is 11.5 Å². The van der Waals surface area contributed by atoms with Gasteiger partial charge in [0.2, 0.25) is 5.91 Å². The summed E-state index contributed by atoms with van der Waals surface area (Å²) in [5.74, 6) is -2.13. The Balaban J connectivity index is 2.13. The topological polar surface area (TPSA) is 122 Å². The number of aliphatic carboxylic acids is 1. The molecule has 2 rings (SSSR count). The minimum atomic E-state index is -1.37. The molecule has 22 heavy (non-hydrogen) atoms. The Morgan fingerprint density at radius 1 is 1.09 bits per heavy atom. The zero-order chi connectivity index (χ0) is 16.1. The molecule has 0 fully saturated rings. The number of carboxylic acids is 1. The Bertz CT molecular complexity index is 724. The zero-order valence-corrected chi connectivity index (χ0v) is 11.6. The number of nitrogens with one attached hydrogen (secondary N) is 2. The fourth-order valence-corrected chi connectivity index (χ4v) is 2.05. The molecule has 2 aromatic carbocycles. The Morgan fingerprint density at radius 2 is 1.77 bits per heavy atom. The van der Waals surface area contributed by atoms with Gasteiger partial charge in [0.25, 0.3) is 0 Å². The second kappa shape index (κ2) is 6.57. The van der Waals surface area contributed by atoms with Crippen molar-refractivity contribution < 1.29 is 19.5 Å². The summed E-state index contributed by atoms with van der Waals surface area (Å²) >= 11 is 0. The summed E-state index contributed by atoms with van der Waals surface area (Å²) in [6.45, 7) is 0. The van der Waals surface area contributed by atoms with Gasteiger partial charge >= 0.3 is 12.0 Å². The number of nitrogens with two attached hydrogens (primary N) is 1. The number of fused-ring (bicyclic) bond motifs is 1. The van der Waals surface area contributed by atoms with Gasteiger partial charge in [0, 0.05) is 5.39 Å². The van der Waals surface area contributed by atoms with E-state index in [2.05, 4.69) is 10.6 Å². The molecule has 5 N–H and O–H groups in total. The minimum absolute atomic E-state index is 0.474. The van der Waals surface area contributed by atoms with Crippen LogP contribution in [-0.2, 0) is 9.59 Å². The summed E-state index contributed by atoms with van der Waals surface area (Å²) in [5, 5.41) is 15.5. The summed E-state index contributed by atoms with van der Waals surface area (Å²) in [6.07, 6.45) is -0.474. The highest BCUT2D eigenvalue weighted by Gasteiger charge is 2.22. The Hall–Kier alpha value is -3.09. The van der Waals surface area contributed by atoms with Crippen molar-refractivity contribution in [3.8, 4) is 0 Å². The molecule has 7 heteroatoms. The number of primary amides is 1. The minimum Gasteiger partial charge on any atom is -0.480 e. The van der Waals surface area contributed by atoms with E-state index in [9.17, 15) is 14.4 Å². The molecule has 0 saturated heterocycles. The first-order valence-corrected chi connectivity index (χ1v) is 6.54. The van der Waals surface area contributed by atoms with E-state index in [1.54, 1.807) is 12.1 Å². The van der Waals surface area contributed by atoms with E-state index in [0.29, 0.717) is 5.69 Å². The number of benzene rings is 2. The highest BCUT2D eigenvalue weighted by Crippen LogP contribution is 2.22. The molecule has 0 aliphatic rings. The Labute approximate surface area is 126 Å². The third kappa shape index (κ3) is 3.72. The second-order valence-electron chi connectivity index (χ2n) is 4.69. The molecule has 3 amide bonds. The molecule has 7 nitrogen and oxygen atoms in total. The fourth-order valence-electron chi connectivity index (χ4n) is 2.05. The van der Waals surface area contributed by atoms with Crippen molar-refractivity contribution in [3.63, 3.8) is 0 Å². The molecule has 1 atom stereocenters. The summed E-state index contributed by atoms with van der Waals surface area (Å²) in [7, 11) is 0. The molecule has 0 radical (unpaired) electrons. The average Bonchev–Trinajstić information content (AvgIpc) is 2.46. The molecule has 0 aromatic heterocycles. The summed E-state index contributed by atoms with van der Waals surface area (Å²) in [5.41, 5.74) is 5.50. The molecule has 0 aliphatic heterocycles. The van der Waals surface area contributed by atoms with Gasteiger partial charge in [-0.15, -0.1) is 0 Å². The van der Waals surface area contributed by atoms with E-state index < -0.39 is 30.4 Å². The molecule has 0 heterocycles. The first-order chi connectivity index (χ1) is 10.5. The predicted molar refractivity (Wildman–Crippen MR) is 81.3 cm³/mol. The quantitative estimate of drug-likeness (QED) is 0.664. The van der Waals surface area contributed by atoms with Crippen molar-refractivity contribution >= 4 is 34.4 Å². The number of anilines is 1. The predicted octanol–water partition coefficient (Wildman–Crippen LogP) is 1.29. The van der Waals surface area contributed by atoms with Crippen LogP contribution in [0.5, 0.6) is 0 Å². The van der Waals surface area contributed by atoms with Crippen LogP contribution in [0.4, 0.5) is 10.5 Å². The molecular formula is C15H15N3O4. The highest BCUT2D eigenvalue weighted by atomic mass is 16.4. The normalized spacial score (nSPS) is 11.6. The average molecular weight is 301 g/mol. The number of carbonyl (C=O) groups excluding carboxylic acids is 2. The third-order valence-corrected chi connectivity index (χ3v) is 3.05. The summed E-state index contributed by atoms with van der Waals surface area (Å²) in [6, 6.07) is 10.7. The van der Waals surface area contributed by atoms with E-state index in [1.807, 2.05) is 30.3 Å². The van der Waals surface area contributed by atoms with Crippen LogP contribution in [0.3, 0.4) is 0 Å². The highest BCUT2D eigenvalue weighted by molar-refractivity contribution is 6.02. The van der Waals surface area contributed by atoms with Crippen LogP contribution in [0.15, 0.2) is 42.5 Å². The van der Waals surface area contributed by atoms with Crippen LogP contribution in [0.2, 0.25) is 0 Å². The summed E-state index contributed by atoms with van der Waals surface area (Å²) < 4.78 is 0. The van der Waals surface area contributed by atoms with Gasteiger partial charge in [-0.3, -0.25) is 4.79 Å². The van der Waals surface area contributed by atoms with Crippen LogP contribution in [0, 0.1) is 0 Å². The number of amides is 3. The van der Waals surface area contributed by atoms with E-state index in [1.165, 1.54) is 0 Å². The lowest BCUT2D eigenvalue weighted by Crippen LogP contribution is -2.45. The number of hydrogen-bond acceptors (Lipinski definition) is 3. The van der Waals surface area contributed by atoms with E-state index >= 15 is 0 Å². The standard InChI is InChI=1S/C15H15N3O4/c16-13(19)8-12(14(20)21)18-15(22)17-11-7-3-5-9-4-1-2-6-10(9)11/h1-7,12H,8H2,(H2,16,19)(H,20,21)(H2,17,18,22). The van der Waals surface area contributed by atoms with Gasteiger partial charge in [-0.2, -0.15) is 0 Å². The van der Waals surface area contributed by atoms with Crippen molar-refractivity contribution in [1.82, 2.24) is 5.32 Å². The van der Waals surface area contributed by atoms with Gasteiger partial charge in [0.05, 0.1) is 12.1 Å². The van der Waals surface area contributed by atoms with Crippen LogP contribution in [0.1, 0.15) is 6.42 Å². The zero-order valence-electron chi connectivity index (χ0n) is 11.6. The van der Waals surface area contributed by atoms with Crippen LogP contribution in [-0.4, -0.2) is 29.1 Å². The first-order valence-electron chi connectivity index (χ1n) is 6.54. The van der Waals surface area contributed by atoms with Crippen molar-refractivity contribution in [2.45, 2.75) is 12.5 Å². The lowest BCUT2D eigenvalue weighted by atomic mass is 10.1. The third-order valence-electron chi connectivity index (χ3n) is 3.05. The lowest BCUT2D eigenvalue weighted by Gasteiger charge is -2.14. The van der Waals surface area contributed by atoms with Gasteiger partial charge in [-0.1, -0.05) is 36.4 Å². The SMILES string of the molecule is NC(=O)CC(NC(=O)Nc1cccc2ccccc12)C(=O)O. The van der Waals surface area contributed by atoms with Gasteiger partial charge < -0.3 is 21.5 Å². The van der Waals surface area contributed by atoms with Crippen molar-refractivity contribution in [3.05, 3.63) is 42.5 Å². The molecule has 0 aliphatic carbocycles. The molecule has 2 aromatic rings. The first kappa shape index (κ1) is 15.3. The fraction of sp³-hybridized carbons (Fsp3) is 0.133. The molecule has 0 spiro atoms. The van der Waals surface area contributed by atoms with E-state index in [0.717, 1.165) is 10.8 Å². The number of hydrogen-bond donors (Lipinski definition) is 4. The Morgan fingerprint density at radius 3 is 2.45 bits per heavy atom. The van der Waals surface area contributed by atoms with Crippen molar-refractivity contribution in [2.24, 2.45) is 5.73 Å². The largest absolute Gasteiger partial charge is 0.480 e. The maximum atomic E-state index is 11.9. The molecular weight excluding hydrogens is 286 g/mol. The lowest BCUT2D eigenvalue weighted by molar-refractivity contribution is -0.140. The second-order valence-corrected chi connectivity index (χ2v) is 4.69. The number of carbonyl (C=O) groups is 3. The van der Waals surface area contributed by atoms with Crippen molar-refractivity contribution in [2.75, 3.05) is 5.32 Å². The van der Waals surface area contributed by atoms with Crippen molar-refractivity contribution in [1.29, 1.82) is 0 Å². The molecule has 114 valence electrons. The van der Waals surface area contributed by atoms with Crippen LogP contribution < -0.4 is 16.4 Å². The Kier molecular flexibility index (Phi) is 4.57. The molecule has 0 bridgehead atoms. The smallest absolute Gasteiger partial charge is 0.326 e. The molecule has 0 saturated carbocycles. The monoisotopic (exact) mass is 301 g/mol. The van der Waals surface area contributed by atoms with E-state index in [4.69, 9.17) is 10.8 Å². The number of rotatable bonds is 5. The van der Waals surface area contributed by atoms with Gasteiger partial charge in [0.1, 0.15) is 6.04 Å². The van der Waals surface area contributed by atoms with Crippen LogP contribution in [0.25, 0.3) is 10.8 Å². The number of carboxylic acid groups (broad SMARTS) is 1. The maximum absolute atomic E-state index is 11.9. The van der Waals surface area contributed by atoms with E-state index in [-0.39, 0.29) is 0 Å². The van der Waals surface area contributed by atoms with Gasteiger partial charge in [-0.25, -0.2) is 9.59 Å². The van der Waals surface area contributed by atoms with Gasteiger partial charge in [0.15, 0.2) is 0 Å². The molecule has 1 unspecified atom stereocenters. The van der Waals surface area contributed by atoms with Crippen LogP contribution >= 0.6 is 0 Å². The summed E-state index contributed by atoms with van der Waals surface area (Å²) in [4.78, 5) is 33.7. The number of urea groups is 1.